The first-order valence-electron chi connectivity index (χ1n) is 11.6. The number of hydrogen-bond donors (Lipinski definition) is 1. The molecule has 0 saturated heterocycles. The minimum absolute atomic E-state index is 0.118. The van der Waals surface area contributed by atoms with E-state index in [0.717, 1.165) is 31.2 Å². The van der Waals surface area contributed by atoms with Crippen LogP contribution in [0.2, 0.25) is 0 Å². The van der Waals surface area contributed by atoms with Gasteiger partial charge in [-0.2, -0.15) is 0 Å². The fourth-order valence-corrected chi connectivity index (χ4v) is 6.67. The van der Waals surface area contributed by atoms with E-state index in [2.05, 4.69) is 19.1 Å². The Morgan fingerprint density at radius 1 is 1.10 bits per heavy atom. The molecule has 158 valence electrons. The van der Waals surface area contributed by atoms with Crippen LogP contribution in [0.3, 0.4) is 0 Å². The van der Waals surface area contributed by atoms with Crippen LogP contribution in [0.5, 0.6) is 5.75 Å². The lowest BCUT2D eigenvalue weighted by Gasteiger charge is -2.50. The maximum Gasteiger partial charge on any atom is 0.311 e. The van der Waals surface area contributed by atoms with Gasteiger partial charge in [-0.3, -0.25) is 4.79 Å². The van der Waals surface area contributed by atoms with Crippen molar-refractivity contribution in [3.63, 3.8) is 0 Å². The predicted octanol–water partition coefficient (Wildman–Crippen LogP) is 5.44. The first-order valence-corrected chi connectivity index (χ1v) is 11.6. The van der Waals surface area contributed by atoms with Gasteiger partial charge in [0.25, 0.3) is 0 Å². The smallest absolute Gasteiger partial charge is 0.311 e. The van der Waals surface area contributed by atoms with Gasteiger partial charge < -0.3 is 9.84 Å². The standard InChI is InChI=1S/C27H32O3/c1-27-16-15-22-21-11-9-20(30-26(29)14-7-18-5-3-2-4-6-18)17-19(21)8-10-23(22)24(27)12-13-25(27)28/h2-6,9,11,17,22-25,28H,7-8,10,12-16H2,1H3/t22-,23+,24+,25+,27+/m1/s1. The molecule has 2 aromatic carbocycles. The van der Waals surface area contributed by atoms with Crippen LogP contribution in [0, 0.1) is 17.3 Å². The van der Waals surface area contributed by atoms with E-state index in [4.69, 9.17) is 4.74 Å². The summed E-state index contributed by atoms with van der Waals surface area (Å²) < 4.78 is 5.67. The van der Waals surface area contributed by atoms with Crippen molar-refractivity contribution in [1.29, 1.82) is 0 Å². The second kappa shape index (κ2) is 7.85. The zero-order chi connectivity index (χ0) is 20.7. The van der Waals surface area contributed by atoms with Crippen LogP contribution in [0.25, 0.3) is 0 Å². The molecular formula is C27H32O3. The molecule has 1 N–H and O–H groups in total. The number of aliphatic hydroxyl groups excluding tert-OH is 1. The van der Waals surface area contributed by atoms with E-state index in [1.54, 1.807) is 0 Å². The summed E-state index contributed by atoms with van der Waals surface area (Å²) in [5.41, 5.74) is 4.09. The van der Waals surface area contributed by atoms with E-state index >= 15 is 0 Å². The molecule has 5 atom stereocenters. The summed E-state index contributed by atoms with van der Waals surface area (Å²) in [5, 5.41) is 10.6. The highest BCUT2D eigenvalue weighted by atomic mass is 16.5. The van der Waals surface area contributed by atoms with Crippen LogP contribution in [0.4, 0.5) is 0 Å². The maximum atomic E-state index is 12.3. The number of aryl methyl sites for hydroxylation is 2. The van der Waals surface area contributed by atoms with Gasteiger partial charge in [0.1, 0.15) is 5.75 Å². The largest absolute Gasteiger partial charge is 0.427 e. The Morgan fingerprint density at radius 2 is 1.93 bits per heavy atom. The maximum absolute atomic E-state index is 12.3. The first-order chi connectivity index (χ1) is 14.5. The van der Waals surface area contributed by atoms with Gasteiger partial charge >= 0.3 is 5.97 Å². The number of esters is 1. The minimum atomic E-state index is -0.166. The van der Waals surface area contributed by atoms with Crippen LogP contribution >= 0.6 is 0 Å². The number of fused-ring (bicyclic) bond motifs is 5. The molecule has 2 saturated carbocycles. The lowest BCUT2D eigenvalue weighted by Crippen LogP contribution is -2.43. The van der Waals surface area contributed by atoms with Crippen LogP contribution in [0.15, 0.2) is 48.5 Å². The van der Waals surface area contributed by atoms with Gasteiger partial charge in [-0.25, -0.2) is 0 Å². The zero-order valence-electron chi connectivity index (χ0n) is 17.8. The molecule has 30 heavy (non-hydrogen) atoms. The van der Waals surface area contributed by atoms with Crippen molar-refractivity contribution >= 4 is 5.97 Å². The molecule has 2 fully saturated rings. The molecule has 3 aliphatic carbocycles. The Morgan fingerprint density at radius 3 is 2.77 bits per heavy atom. The van der Waals surface area contributed by atoms with E-state index in [1.165, 1.54) is 24.0 Å². The quantitative estimate of drug-likeness (QED) is 0.545. The van der Waals surface area contributed by atoms with Crippen molar-refractivity contribution in [3.05, 3.63) is 65.2 Å². The SMILES string of the molecule is C[C@]12CC[C@@H]3c4ccc(OC(=O)CCc5ccccc5)cc4CC[C@@H]3[C@@H]1CC[C@@H]2O. The molecule has 3 nitrogen and oxygen atoms in total. The topological polar surface area (TPSA) is 46.5 Å². The molecule has 0 aromatic heterocycles. The third-order valence-corrected chi connectivity index (χ3v) is 8.34. The molecule has 0 aliphatic heterocycles. The van der Waals surface area contributed by atoms with Gasteiger partial charge in [-0.15, -0.1) is 0 Å². The van der Waals surface area contributed by atoms with Crippen LogP contribution < -0.4 is 4.74 Å². The second-order valence-electron chi connectivity index (χ2n) is 9.87. The Kier molecular flexibility index (Phi) is 5.18. The summed E-state index contributed by atoms with van der Waals surface area (Å²) in [4.78, 5) is 12.3. The number of carbonyl (C=O) groups excluding carboxylic acids is 1. The number of ether oxygens (including phenoxy) is 1. The van der Waals surface area contributed by atoms with E-state index in [0.29, 0.717) is 36.3 Å². The summed E-state index contributed by atoms with van der Waals surface area (Å²) >= 11 is 0. The second-order valence-corrected chi connectivity index (χ2v) is 9.87. The Balaban J connectivity index is 1.26. The molecule has 3 aliphatic rings. The van der Waals surface area contributed by atoms with Gasteiger partial charge in [-0.05, 0) is 96.9 Å². The highest BCUT2D eigenvalue weighted by molar-refractivity contribution is 5.72. The number of rotatable bonds is 4. The summed E-state index contributed by atoms with van der Waals surface area (Å²) in [5.74, 6) is 2.45. The zero-order valence-corrected chi connectivity index (χ0v) is 17.8. The molecule has 3 heteroatoms. The lowest BCUT2D eigenvalue weighted by atomic mass is 9.55. The fourth-order valence-electron chi connectivity index (χ4n) is 6.67. The number of aliphatic hydroxyl groups is 1. The molecule has 0 heterocycles. The number of hydrogen-bond acceptors (Lipinski definition) is 3. The molecule has 5 rings (SSSR count). The molecule has 0 amide bonds. The Labute approximate surface area is 179 Å². The summed E-state index contributed by atoms with van der Waals surface area (Å²) in [6.07, 6.45) is 7.65. The number of carbonyl (C=O) groups is 1. The van der Waals surface area contributed by atoms with Crippen molar-refractivity contribution < 1.29 is 14.6 Å². The van der Waals surface area contributed by atoms with E-state index < -0.39 is 0 Å². The average Bonchev–Trinajstić information content (AvgIpc) is 3.07. The van der Waals surface area contributed by atoms with Gasteiger partial charge in [0.15, 0.2) is 0 Å². The van der Waals surface area contributed by atoms with Gasteiger partial charge in [0.05, 0.1) is 6.10 Å². The van der Waals surface area contributed by atoms with E-state index in [-0.39, 0.29) is 17.5 Å². The molecule has 0 radical (unpaired) electrons. The van der Waals surface area contributed by atoms with Crippen LogP contribution in [-0.2, 0) is 17.6 Å². The van der Waals surface area contributed by atoms with Crippen molar-refractivity contribution in [2.75, 3.05) is 0 Å². The fraction of sp³-hybridized carbons (Fsp3) is 0.519. The normalized spacial score (nSPS) is 32.1. The van der Waals surface area contributed by atoms with Gasteiger partial charge in [0.2, 0.25) is 0 Å². The van der Waals surface area contributed by atoms with E-state index in [1.807, 2.05) is 36.4 Å². The predicted molar refractivity (Wildman–Crippen MR) is 117 cm³/mol. The highest BCUT2D eigenvalue weighted by Gasteiger charge is 2.54. The first kappa shape index (κ1) is 19.8. The van der Waals surface area contributed by atoms with Crippen molar-refractivity contribution in [3.8, 4) is 5.75 Å². The van der Waals surface area contributed by atoms with Gasteiger partial charge in [0, 0.05) is 6.42 Å². The molecule has 0 bridgehead atoms. The van der Waals surface area contributed by atoms with E-state index in [9.17, 15) is 9.90 Å². The van der Waals surface area contributed by atoms with Crippen LogP contribution in [-0.4, -0.2) is 17.2 Å². The monoisotopic (exact) mass is 404 g/mol. The van der Waals surface area contributed by atoms with Crippen molar-refractivity contribution in [1.82, 2.24) is 0 Å². The number of benzene rings is 2. The van der Waals surface area contributed by atoms with Gasteiger partial charge in [-0.1, -0.05) is 43.3 Å². The van der Waals surface area contributed by atoms with Crippen molar-refractivity contribution in [2.24, 2.45) is 17.3 Å². The molecule has 0 unspecified atom stereocenters. The van der Waals surface area contributed by atoms with Crippen LogP contribution in [0.1, 0.15) is 68.1 Å². The lowest BCUT2D eigenvalue weighted by molar-refractivity contribution is -0.134. The molecule has 2 aromatic rings. The summed E-state index contributed by atoms with van der Waals surface area (Å²) in [7, 11) is 0. The third-order valence-electron chi connectivity index (χ3n) is 8.34. The summed E-state index contributed by atoms with van der Waals surface area (Å²) in [6, 6.07) is 16.4. The minimum Gasteiger partial charge on any atom is -0.427 e. The highest BCUT2D eigenvalue weighted by Crippen LogP contribution is 2.60. The Hall–Kier alpha value is -2.13. The summed E-state index contributed by atoms with van der Waals surface area (Å²) in [6.45, 7) is 2.32. The average molecular weight is 405 g/mol. The molecular weight excluding hydrogens is 372 g/mol. The third kappa shape index (κ3) is 3.47. The Bertz CT molecular complexity index is 921. The molecule has 0 spiro atoms. The van der Waals surface area contributed by atoms with Crippen molar-refractivity contribution in [2.45, 2.75) is 70.3 Å².